The van der Waals surface area contributed by atoms with E-state index < -0.39 is 11.9 Å². The van der Waals surface area contributed by atoms with Crippen molar-refractivity contribution in [1.82, 2.24) is 9.55 Å². The predicted molar refractivity (Wildman–Crippen MR) is 50.2 cm³/mol. The molecule has 1 aliphatic heterocycles. The number of aromatic nitrogens is 2. The molecule has 7 nitrogen and oxygen atoms in total. The van der Waals surface area contributed by atoms with Crippen molar-refractivity contribution in [2.24, 2.45) is 0 Å². The first-order valence-corrected chi connectivity index (χ1v) is 4.17. The van der Waals surface area contributed by atoms with Crippen LogP contribution in [0.3, 0.4) is 0 Å². The Bertz CT molecular complexity index is 479. The largest absolute Gasteiger partial charge is 0.506 e. The topological polar surface area (TPSA) is 111 Å². The van der Waals surface area contributed by atoms with Crippen molar-refractivity contribution in [3.8, 4) is 0 Å². The van der Waals surface area contributed by atoms with Gasteiger partial charge in [-0.05, 0) is 6.07 Å². The van der Waals surface area contributed by atoms with Gasteiger partial charge < -0.3 is 20.7 Å². The Labute approximate surface area is 84.0 Å². The number of aliphatic hydroxyl groups excluding tert-OH is 2. The minimum Gasteiger partial charge on any atom is -0.506 e. The molecule has 0 fully saturated rings. The van der Waals surface area contributed by atoms with E-state index in [2.05, 4.69) is 4.98 Å². The molecule has 0 saturated carbocycles. The summed E-state index contributed by atoms with van der Waals surface area (Å²) in [5.41, 5.74) is 4.65. The first-order chi connectivity index (χ1) is 7.09. The van der Waals surface area contributed by atoms with Crippen molar-refractivity contribution in [2.75, 3.05) is 12.3 Å². The smallest absolute Gasteiger partial charge is 0.351 e. The number of nitrogens with two attached hydrogens (primary N) is 1. The molecule has 0 aromatic carbocycles. The van der Waals surface area contributed by atoms with Crippen LogP contribution >= 0.6 is 0 Å². The minimum absolute atomic E-state index is 0.0851. The Hall–Kier alpha value is -2.02. The molecule has 4 N–H and O–H groups in total. The van der Waals surface area contributed by atoms with E-state index in [0.29, 0.717) is 0 Å². The SMILES string of the molecule is Nc1ccn(C2OCC(O)=C2O)c(=O)n1. The van der Waals surface area contributed by atoms with Crippen molar-refractivity contribution < 1.29 is 14.9 Å². The molecule has 0 spiro atoms. The van der Waals surface area contributed by atoms with Gasteiger partial charge in [-0.3, -0.25) is 4.57 Å². The lowest BCUT2D eigenvalue weighted by molar-refractivity contribution is 0.0365. The molecular weight excluding hydrogens is 202 g/mol. The zero-order chi connectivity index (χ0) is 11.0. The Morgan fingerprint density at radius 1 is 1.60 bits per heavy atom. The second-order valence-electron chi connectivity index (χ2n) is 3.04. The summed E-state index contributed by atoms with van der Waals surface area (Å²) in [5, 5.41) is 18.5. The van der Waals surface area contributed by atoms with E-state index in [9.17, 15) is 9.90 Å². The van der Waals surface area contributed by atoms with Crippen molar-refractivity contribution >= 4 is 5.82 Å². The maximum absolute atomic E-state index is 11.4. The van der Waals surface area contributed by atoms with Crippen LogP contribution < -0.4 is 11.4 Å². The molecule has 80 valence electrons. The molecule has 1 unspecified atom stereocenters. The molecule has 7 heteroatoms. The summed E-state index contributed by atoms with van der Waals surface area (Å²) in [5.74, 6) is -0.589. The summed E-state index contributed by atoms with van der Waals surface area (Å²) in [4.78, 5) is 14.8. The second-order valence-corrected chi connectivity index (χ2v) is 3.04. The van der Waals surface area contributed by atoms with Crippen LogP contribution in [0.25, 0.3) is 0 Å². The number of anilines is 1. The zero-order valence-corrected chi connectivity index (χ0v) is 7.62. The predicted octanol–water partition coefficient (Wildman–Crippen LogP) is -0.318. The van der Waals surface area contributed by atoms with Gasteiger partial charge in [-0.1, -0.05) is 0 Å². The summed E-state index contributed by atoms with van der Waals surface area (Å²) >= 11 is 0. The van der Waals surface area contributed by atoms with Crippen LogP contribution in [0.5, 0.6) is 0 Å². The fourth-order valence-electron chi connectivity index (χ4n) is 1.27. The van der Waals surface area contributed by atoms with E-state index in [1.54, 1.807) is 0 Å². The highest BCUT2D eigenvalue weighted by molar-refractivity contribution is 5.24. The van der Waals surface area contributed by atoms with Crippen molar-refractivity contribution in [3.05, 3.63) is 34.3 Å². The summed E-state index contributed by atoms with van der Waals surface area (Å²) in [6, 6.07) is 1.40. The van der Waals surface area contributed by atoms with Crippen LogP contribution in [-0.4, -0.2) is 26.4 Å². The highest BCUT2D eigenvalue weighted by Crippen LogP contribution is 2.24. The molecule has 1 aromatic rings. The maximum atomic E-state index is 11.4. The maximum Gasteiger partial charge on any atom is 0.351 e. The molecule has 1 aromatic heterocycles. The van der Waals surface area contributed by atoms with Gasteiger partial charge in [0.15, 0.2) is 17.7 Å². The van der Waals surface area contributed by atoms with E-state index in [1.807, 2.05) is 0 Å². The third kappa shape index (κ3) is 1.52. The Balaban J connectivity index is 2.44. The van der Waals surface area contributed by atoms with Crippen molar-refractivity contribution in [3.63, 3.8) is 0 Å². The normalized spacial score (nSPS) is 20.9. The lowest BCUT2D eigenvalue weighted by Crippen LogP contribution is -2.28. The van der Waals surface area contributed by atoms with Crippen LogP contribution in [0.1, 0.15) is 6.23 Å². The molecule has 1 aliphatic rings. The molecule has 0 aliphatic carbocycles. The monoisotopic (exact) mass is 211 g/mol. The minimum atomic E-state index is -1.02. The first-order valence-electron chi connectivity index (χ1n) is 4.17. The van der Waals surface area contributed by atoms with Crippen LogP contribution in [0.15, 0.2) is 28.6 Å². The van der Waals surface area contributed by atoms with Crippen LogP contribution in [0, 0.1) is 0 Å². The molecular formula is C8H9N3O4. The quantitative estimate of drug-likeness (QED) is 0.587. The average molecular weight is 211 g/mol. The molecule has 0 bridgehead atoms. The van der Waals surface area contributed by atoms with E-state index in [0.717, 1.165) is 4.57 Å². The van der Waals surface area contributed by atoms with Gasteiger partial charge in [0.2, 0.25) is 0 Å². The number of aliphatic hydroxyl groups is 2. The molecule has 0 saturated heterocycles. The van der Waals surface area contributed by atoms with Gasteiger partial charge in [-0.2, -0.15) is 4.98 Å². The average Bonchev–Trinajstić information content (AvgIpc) is 2.49. The van der Waals surface area contributed by atoms with Gasteiger partial charge in [-0.25, -0.2) is 4.79 Å². The fraction of sp³-hybridized carbons (Fsp3) is 0.250. The van der Waals surface area contributed by atoms with E-state index in [1.165, 1.54) is 12.3 Å². The molecule has 2 heterocycles. The van der Waals surface area contributed by atoms with Crippen molar-refractivity contribution in [1.29, 1.82) is 0 Å². The van der Waals surface area contributed by atoms with E-state index in [4.69, 9.17) is 15.6 Å². The van der Waals surface area contributed by atoms with Gasteiger partial charge in [0.05, 0.1) is 0 Å². The van der Waals surface area contributed by atoms with Gasteiger partial charge in [0.1, 0.15) is 12.4 Å². The number of hydrogen-bond acceptors (Lipinski definition) is 6. The molecule has 0 radical (unpaired) electrons. The van der Waals surface area contributed by atoms with Crippen LogP contribution in [0.4, 0.5) is 5.82 Å². The summed E-state index contributed by atoms with van der Waals surface area (Å²) < 4.78 is 6.03. The van der Waals surface area contributed by atoms with E-state index in [-0.39, 0.29) is 23.9 Å². The second kappa shape index (κ2) is 3.28. The van der Waals surface area contributed by atoms with Gasteiger partial charge in [-0.15, -0.1) is 0 Å². The summed E-state index contributed by atoms with van der Waals surface area (Å²) in [7, 11) is 0. The summed E-state index contributed by atoms with van der Waals surface area (Å²) in [6.07, 6.45) is 0.315. The number of nitrogen functional groups attached to an aromatic ring is 1. The van der Waals surface area contributed by atoms with Crippen LogP contribution in [-0.2, 0) is 4.74 Å². The lowest BCUT2D eigenvalue weighted by Gasteiger charge is -2.12. The first kappa shape index (κ1) is 9.53. The molecule has 1 atom stereocenters. The fourth-order valence-corrected chi connectivity index (χ4v) is 1.27. The number of ether oxygens (including phenoxy) is 1. The number of nitrogens with zero attached hydrogens (tertiary/aromatic N) is 2. The van der Waals surface area contributed by atoms with Gasteiger partial charge in [0.25, 0.3) is 0 Å². The third-order valence-electron chi connectivity index (χ3n) is 2.01. The van der Waals surface area contributed by atoms with Gasteiger partial charge in [0, 0.05) is 6.20 Å². The molecule has 0 amide bonds. The highest BCUT2D eigenvalue weighted by Gasteiger charge is 2.28. The highest BCUT2D eigenvalue weighted by atomic mass is 16.5. The Morgan fingerprint density at radius 2 is 2.33 bits per heavy atom. The van der Waals surface area contributed by atoms with Crippen LogP contribution in [0.2, 0.25) is 0 Å². The Kier molecular flexibility index (Phi) is 2.09. The number of rotatable bonds is 1. The summed E-state index contributed by atoms with van der Waals surface area (Å²) in [6.45, 7) is -0.132. The number of hydrogen-bond donors (Lipinski definition) is 3. The molecule has 2 rings (SSSR count). The lowest BCUT2D eigenvalue weighted by atomic mass is 10.4. The zero-order valence-electron chi connectivity index (χ0n) is 7.62. The Morgan fingerprint density at radius 3 is 2.87 bits per heavy atom. The van der Waals surface area contributed by atoms with Gasteiger partial charge >= 0.3 is 5.69 Å². The standard InChI is InChI=1S/C8H9N3O4/c9-5-1-2-11(8(14)10-5)7-6(13)4(12)3-15-7/h1-2,7,12-13H,3H2,(H2,9,10,14). The van der Waals surface area contributed by atoms with Crippen molar-refractivity contribution in [2.45, 2.75) is 6.23 Å². The molecule has 15 heavy (non-hydrogen) atoms. The third-order valence-corrected chi connectivity index (χ3v) is 2.01. The van der Waals surface area contributed by atoms with E-state index >= 15 is 0 Å².